The van der Waals surface area contributed by atoms with E-state index >= 15 is 0 Å². The maximum absolute atomic E-state index is 14.0. The van der Waals surface area contributed by atoms with E-state index in [9.17, 15) is 4.79 Å². The van der Waals surface area contributed by atoms with Crippen LogP contribution >= 0.6 is 11.6 Å². The molecule has 2 aromatic rings. The van der Waals surface area contributed by atoms with Crippen LogP contribution < -0.4 is 11.1 Å². The number of aromatic nitrogens is 3. The average Bonchev–Trinajstić information content (AvgIpc) is 3.44. The van der Waals surface area contributed by atoms with Gasteiger partial charge in [-0.25, -0.2) is 4.98 Å². The van der Waals surface area contributed by atoms with Gasteiger partial charge < -0.3 is 16.0 Å². The second-order valence-corrected chi connectivity index (χ2v) is 12.2. The standard InChI is InChI=1S/C29H43ClN6O/c30-24-8-6-22(7-9-24)18-27(34-26-12-10-25(31)11-13-26)28(37)35-16-14-29(15-17-35,19-36-21-32-20-33-36)23-4-2-1-3-5-23/h6-9,20-21,23,25-27,34H,1-5,10-19,31H2/t25-,26-,27-/m1/s1. The molecule has 1 aromatic heterocycles. The predicted octanol–water partition coefficient (Wildman–Crippen LogP) is 4.59. The summed E-state index contributed by atoms with van der Waals surface area (Å²) >= 11 is 6.13. The Morgan fingerprint density at radius 2 is 1.76 bits per heavy atom. The zero-order valence-electron chi connectivity index (χ0n) is 22.0. The van der Waals surface area contributed by atoms with E-state index in [1.807, 2.05) is 35.3 Å². The summed E-state index contributed by atoms with van der Waals surface area (Å²) in [4.78, 5) is 20.3. The summed E-state index contributed by atoms with van der Waals surface area (Å²) in [5, 5.41) is 8.93. The van der Waals surface area contributed by atoms with Crippen LogP contribution in [0.2, 0.25) is 5.02 Å². The summed E-state index contributed by atoms with van der Waals surface area (Å²) in [6.45, 7) is 2.55. The van der Waals surface area contributed by atoms with Gasteiger partial charge in [0.25, 0.3) is 0 Å². The van der Waals surface area contributed by atoms with Crippen molar-refractivity contribution in [1.82, 2.24) is 25.0 Å². The second kappa shape index (κ2) is 12.3. The van der Waals surface area contributed by atoms with Gasteiger partial charge in [-0.05, 0) is 86.8 Å². The Morgan fingerprint density at radius 1 is 1.05 bits per heavy atom. The van der Waals surface area contributed by atoms with Gasteiger partial charge in [0.1, 0.15) is 12.7 Å². The van der Waals surface area contributed by atoms with Crippen molar-refractivity contribution in [3.05, 3.63) is 47.5 Å². The van der Waals surface area contributed by atoms with Gasteiger partial charge in [-0.15, -0.1) is 0 Å². The van der Waals surface area contributed by atoms with Crippen LogP contribution in [0.1, 0.15) is 76.2 Å². The number of halogens is 1. The molecule has 0 unspecified atom stereocenters. The molecular weight excluding hydrogens is 484 g/mol. The monoisotopic (exact) mass is 526 g/mol. The number of hydrogen-bond acceptors (Lipinski definition) is 5. The molecule has 1 aliphatic heterocycles. The average molecular weight is 527 g/mol. The van der Waals surface area contributed by atoms with Crippen molar-refractivity contribution in [2.75, 3.05) is 13.1 Å². The molecule has 1 atom stereocenters. The maximum Gasteiger partial charge on any atom is 0.240 e. The van der Waals surface area contributed by atoms with Gasteiger partial charge in [0.15, 0.2) is 0 Å². The van der Waals surface area contributed by atoms with E-state index in [-0.39, 0.29) is 17.4 Å². The van der Waals surface area contributed by atoms with E-state index in [1.54, 1.807) is 6.33 Å². The van der Waals surface area contributed by atoms with Gasteiger partial charge in [0.05, 0.1) is 6.04 Å². The van der Waals surface area contributed by atoms with Gasteiger partial charge in [0, 0.05) is 36.7 Å². The Hall–Kier alpha value is -1.96. The second-order valence-electron chi connectivity index (χ2n) is 11.8. The normalized spacial score (nSPS) is 25.6. The van der Waals surface area contributed by atoms with Crippen LogP contribution in [0.5, 0.6) is 0 Å². The van der Waals surface area contributed by atoms with Crippen molar-refractivity contribution in [3.8, 4) is 0 Å². The first-order valence-corrected chi connectivity index (χ1v) is 14.8. The molecule has 202 valence electrons. The highest BCUT2D eigenvalue weighted by molar-refractivity contribution is 6.30. The topological polar surface area (TPSA) is 89.1 Å². The summed E-state index contributed by atoms with van der Waals surface area (Å²) in [6, 6.07) is 8.34. The highest BCUT2D eigenvalue weighted by Crippen LogP contribution is 2.47. The number of nitrogens with zero attached hydrogens (tertiary/aromatic N) is 4. The van der Waals surface area contributed by atoms with Crippen LogP contribution in [0, 0.1) is 11.3 Å². The third kappa shape index (κ3) is 6.73. The summed E-state index contributed by atoms with van der Waals surface area (Å²) < 4.78 is 2.02. The lowest BCUT2D eigenvalue weighted by Gasteiger charge is -2.48. The van der Waals surface area contributed by atoms with E-state index in [1.165, 1.54) is 32.1 Å². The Balaban J connectivity index is 1.28. The van der Waals surface area contributed by atoms with E-state index in [0.29, 0.717) is 24.4 Å². The number of benzene rings is 1. The lowest BCUT2D eigenvalue weighted by molar-refractivity contribution is -0.137. The Labute approximate surface area is 226 Å². The van der Waals surface area contributed by atoms with Crippen LogP contribution in [-0.2, 0) is 17.8 Å². The predicted molar refractivity (Wildman–Crippen MR) is 147 cm³/mol. The molecule has 8 heteroatoms. The smallest absolute Gasteiger partial charge is 0.240 e. The van der Waals surface area contributed by atoms with Crippen LogP contribution in [0.3, 0.4) is 0 Å². The third-order valence-electron chi connectivity index (χ3n) is 9.35. The number of carbonyl (C=O) groups excluding carboxylic acids is 1. The number of nitrogens with two attached hydrogens (primary N) is 1. The van der Waals surface area contributed by atoms with Crippen molar-refractivity contribution < 1.29 is 4.79 Å². The van der Waals surface area contributed by atoms with E-state index in [0.717, 1.165) is 68.7 Å². The molecule has 3 aliphatic rings. The fraction of sp³-hybridized carbons (Fsp3) is 0.690. The molecule has 1 saturated heterocycles. The van der Waals surface area contributed by atoms with Crippen LogP contribution in [0.4, 0.5) is 0 Å². The number of rotatable bonds is 8. The summed E-state index contributed by atoms with van der Waals surface area (Å²) in [5.41, 5.74) is 7.49. The molecule has 7 nitrogen and oxygen atoms in total. The fourth-order valence-electron chi connectivity index (χ4n) is 7.08. The molecule has 2 heterocycles. The molecule has 3 N–H and O–H groups in total. The maximum atomic E-state index is 14.0. The molecule has 0 spiro atoms. The van der Waals surface area contributed by atoms with Crippen LogP contribution in [-0.4, -0.2) is 56.8 Å². The van der Waals surface area contributed by atoms with Gasteiger partial charge in [0.2, 0.25) is 5.91 Å². The van der Waals surface area contributed by atoms with E-state index < -0.39 is 0 Å². The minimum atomic E-state index is -0.224. The number of amides is 1. The molecule has 1 aromatic carbocycles. The number of carbonyl (C=O) groups is 1. The first-order chi connectivity index (χ1) is 18.0. The largest absolute Gasteiger partial charge is 0.341 e. The number of hydrogen-bond donors (Lipinski definition) is 2. The molecule has 1 amide bonds. The highest BCUT2D eigenvalue weighted by Gasteiger charge is 2.43. The quantitative estimate of drug-likeness (QED) is 0.525. The van der Waals surface area contributed by atoms with Crippen molar-refractivity contribution in [1.29, 1.82) is 0 Å². The minimum Gasteiger partial charge on any atom is -0.341 e. The van der Waals surface area contributed by atoms with Crippen molar-refractivity contribution in [3.63, 3.8) is 0 Å². The van der Waals surface area contributed by atoms with Crippen molar-refractivity contribution >= 4 is 17.5 Å². The highest BCUT2D eigenvalue weighted by atomic mass is 35.5. The molecule has 0 bridgehead atoms. The van der Waals surface area contributed by atoms with Crippen LogP contribution in [0.15, 0.2) is 36.9 Å². The molecule has 0 radical (unpaired) electrons. The van der Waals surface area contributed by atoms with E-state index in [4.69, 9.17) is 17.3 Å². The molecule has 5 rings (SSSR count). The molecule has 37 heavy (non-hydrogen) atoms. The van der Waals surface area contributed by atoms with E-state index in [2.05, 4.69) is 20.3 Å². The fourth-order valence-corrected chi connectivity index (χ4v) is 7.21. The zero-order chi connectivity index (χ0) is 25.7. The van der Waals surface area contributed by atoms with Gasteiger partial charge >= 0.3 is 0 Å². The zero-order valence-corrected chi connectivity index (χ0v) is 22.8. The van der Waals surface area contributed by atoms with Crippen molar-refractivity contribution in [2.45, 2.75) is 102 Å². The lowest BCUT2D eigenvalue weighted by Crippen LogP contribution is -2.55. The van der Waals surface area contributed by atoms with Gasteiger partial charge in [-0.3, -0.25) is 9.48 Å². The molecule has 2 aliphatic carbocycles. The lowest BCUT2D eigenvalue weighted by atomic mass is 9.63. The number of piperidine rings is 1. The van der Waals surface area contributed by atoms with Crippen molar-refractivity contribution in [2.24, 2.45) is 17.1 Å². The summed E-state index contributed by atoms with van der Waals surface area (Å²) in [6.07, 6.45) is 17.0. The molecule has 2 saturated carbocycles. The SMILES string of the molecule is N[C@H]1CC[C@H](N[C@H](Cc2ccc(Cl)cc2)C(=O)N2CCC(Cn3cncn3)(C3CCCCC3)CC2)CC1. The Morgan fingerprint density at radius 3 is 2.41 bits per heavy atom. The van der Waals surface area contributed by atoms with Gasteiger partial charge in [-0.2, -0.15) is 5.10 Å². The first kappa shape index (κ1) is 26.6. The number of nitrogens with one attached hydrogen (secondary N) is 1. The van der Waals surface area contributed by atoms with Crippen LogP contribution in [0.25, 0.3) is 0 Å². The Kier molecular flexibility index (Phi) is 8.83. The Bertz CT molecular complexity index is 974. The molecular formula is C29H43ClN6O. The molecule has 3 fully saturated rings. The summed E-state index contributed by atoms with van der Waals surface area (Å²) in [7, 11) is 0. The summed E-state index contributed by atoms with van der Waals surface area (Å²) in [5.74, 6) is 0.944. The van der Waals surface area contributed by atoms with Gasteiger partial charge in [-0.1, -0.05) is 43.0 Å². The minimum absolute atomic E-state index is 0.198. The number of likely N-dealkylation sites (tertiary alicyclic amines) is 1. The first-order valence-electron chi connectivity index (χ1n) is 14.4. The third-order valence-corrected chi connectivity index (χ3v) is 9.60.